The minimum Gasteiger partial charge on any atom is -0.397 e. The predicted molar refractivity (Wildman–Crippen MR) is 78.1 cm³/mol. The number of primary amides is 2. The molecule has 1 heterocycles. The summed E-state index contributed by atoms with van der Waals surface area (Å²) >= 11 is 0. The van der Waals surface area contributed by atoms with Crippen molar-refractivity contribution >= 4 is 23.2 Å². The van der Waals surface area contributed by atoms with Gasteiger partial charge in [0.25, 0.3) is 0 Å². The lowest BCUT2D eigenvalue weighted by atomic mass is 9.93. The van der Waals surface area contributed by atoms with Crippen molar-refractivity contribution in [1.29, 1.82) is 0 Å². The standard InChI is InChI=1S/C14H20N4O2/c15-11-2-1-10(14(17)20)8-12(11)18-5-3-9(4-6-18)7-13(16)19/h1-2,8-9H,3-7,15H2,(H2,16,19)(H2,17,20). The van der Waals surface area contributed by atoms with Crippen LogP contribution in [0.2, 0.25) is 0 Å². The first-order valence-electron chi connectivity index (χ1n) is 6.70. The smallest absolute Gasteiger partial charge is 0.248 e. The van der Waals surface area contributed by atoms with Gasteiger partial charge in [-0.1, -0.05) is 0 Å². The highest BCUT2D eigenvalue weighted by Gasteiger charge is 2.22. The van der Waals surface area contributed by atoms with Crippen LogP contribution in [-0.4, -0.2) is 24.9 Å². The Morgan fingerprint density at radius 1 is 1.20 bits per heavy atom. The molecule has 1 aromatic rings. The van der Waals surface area contributed by atoms with Crippen LogP contribution < -0.4 is 22.1 Å². The summed E-state index contributed by atoms with van der Waals surface area (Å²) in [7, 11) is 0. The number of nitrogens with zero attached hydrogens (tertiary/aromatic N) is 1. The van der Waals surface area contributed by atoms with E-state index in [1.54, 1.807) is 18.2 Å². The Morgan fingerprint density at radius 3 is 2.40 bits per heavy atom. The second kappa shape index (κ2) is 5.81. The number of benzene rings is 1. The summed E-state index contributed by atoms with van der Waals surface area (Å²) in [5.74, 6) is -0.377. The van der Waals surface area contributed by atoms with Gasteiger partial charge >= 0.3 is 0 Å². The number of rotatable bonds is 4. The average Bonchev–Trinajstić information content (AvgIpc) is 2.39. The molecule has 1 aliphatic heterocycles. The minimum absolute atomic E-state index is 0.251. The molecular formula is C14H20N4O2. The number of piperidine rings is 1. The Labute approximate surface area is 117 Å². The molecule has 6 heteroatoms. The van der Waals surface area contributed by atoms with Gasteiger partial charge in [0.1, 0.15) is 0 Å². The van der Waals surface area contributed by atoms with Gasteiger partial charge < -0.3 is 22.1 Å². The zero-order chi connectivity index (χ0) is 14.7. The van der Waals surface area contributed by atoms with Crippen molar-refractivity contribution < 1.29 is 9.59 Å². The van der Waals surface area contributed by atoms with Crippen LogP contribution in [0.3, 0.4) is 0 Å². The minimum atomic E-state index is -0.463. The van der Waals surface area contributed by atoms with Gasteiger partial charge in [0.2, 0.25) is 11.8 Å². The van der Waals surface area contributed by atoms with E-state index in [0.717, 1.165) is 31.6 Å². The zero-order valence-corrected chi connectivity index (χ0v) is 11.3. The van der Waals surface area contributed by atoms with Gasteiger partial charge in [-0.2, -0.15) is 0 Å². The van der Waals surface area contributed by atoms with Gasteiger partial charge in [-0.3, -0.25) is 9.59 Å². The SMILES string of the molecule is NC(=O)CC1CCN(c2cc(C(N)=O)ccc2N)CC1. The molecule has 2 amide bonds. The summed E-state index contributed by atoms with van der Waals surface area (Å²) in [5.41, 5.74) is 18.4. The highest BCUT2D eigenvalue weighted by atomic mass is 16.1. The molecule has 0 radical (unpaired) electrons. The number of nitrogen functional groups attached to an aromatic ring is 1. The van der Waals surface area contributed by atoms with E-state index in [1.165, 1.54) is 0 Å². The molecule has 0 bridgehead atoms. The van der Waals surface area contributed by atoms with Crippen molar-refractivity contribution in [2.24, 2.45) is 17.4 Å². The highest BCUT2D eigenvalue weighted by molar-refractivity contribution is 5.95. The number of hydrogen-bond donors (Lipinski definition) is 3. The van der Waals surface area contributed by atoms with Gasteiger partial charge in [0.15, 0.2) is 0 Å². The monoisotopic (exact) mass is 276 g/mol. The highest BCUT2D eigenvalue weighted by Crippen LogP contribution is 2.29. The molecule has 20 heavy (non-hydrogen) atoms. The first-order valence-corrected chi connectivity index (χ1v) is 6.70. The summed E-state index contributed by atoms with van der Waals surface area (Å²) in [4.78, 5) is 24.3. The number of hydrogen-bond acceptors (Lipinski definition) is 4. The Hall–Kier alpha value is -2.24. The summed E-state index contributed by atoms with van der Waals surface area (Å²) in [6.07, 6.45) is 2.22. The van der Waals surface area contributed by atoms with Crippen molar-refractivity contribution in [3.63, 3.8) is 0 Å². The molecule has 1 aliphatic rings. The molecule has 1 saturated heterocycles. The van der Waals surface area contributed by atoms with Crippen LogP contribution in [0.5, 0.6) is 0 Å². The van der Waals surface area contributed by atoms with Crippen LogP contribution in [0.15, 0.2) is 18.2 Å². The third kappa shape index (κ3) is 3.20. The number of anilines is 2. The molecule has 6 N–H and O–H groups in total. The van der Waals surface area contributed by atoms with Gasteiger partial charge in [-0.15, -0.1) is 0 Å². The van der Waals surface area contributed by atoms with E-state index in [9.17, 15) is 9.59 Å². The van der Waals surface area contributed by atoms with Crippen LogP contribution in [0.1, 0.15) is 29.6 Å². The largest absolute Gasteiger partial charge is 0.397 e. The fourth-order valence-electron chi connectivity index (χ4n) is 2.63. The van der Waals surface area contributed by atoms with Crippen LogP contribution in [-0.2, 0) is 4.79 Å². The molecule has 2 rings (SSSR count). The maximum atomic E-state index is 11.2. The predicted octanol–water partition coefficient (Wildman–Crippen LogP) is 0.459. The molecule has 1 aromatic carbocycles. The first-order chi connectivity index (χ1) is 9.47. The molecule has 108 valence electrons. The molecule has 0 saturated carbocycles. The summed E-state index contributed by atoms with van der Waals surface area (Å²) in [6, 6.07) is 5.05. The van der Waals surface area contributed by atoms with Crippen LogP contribution in [0, 0.1) is 5.92 Å². The maximum Gasteiger partial charge on any atom is 0.248 e. The summed E-state index contributed by atoms with van der Waals surface area (Å²) in [5, 5.41) is 0. The molecule has 0 unspecified atom stereocenters. The average molecular weight is 276 g/mol. The van der Waals surface area contributed by atoms with Crippen LogP contribution in [0.4, 0.5) is 11.4 Å². The topological polar surface area (TPSA) is 115 Å². The number of carbonyl (C=O) groups excluding carboxylic acids is 2. The lowest BCUT2D eigenvalue weighted by Gasteiger charge is -2.34. The van der Waals surface area contributed by atoms with Crippen molar-refractivity contribution in [3.8, 4) is 0 Å². The van der Waals surface area contributed by atoms with Crippen LogP contribution in [0.25, 0.3) is 0 Å². The fourth-order valence-corrected chi connectivity index (χ4v) is 2.63. The molecule has 0 aromatic heterocycles. The van der Waals surface area contributed by atoms with E-state index in [-0.39, 0.29) is 5.91 Å². The van der Waals surface area contributed by atoms with Gasteiger partial charge in [0.05, 0.1) is 11.4 Å². The van der Waals surface area contributed by atoms with Crippen molar-refractivity contribution in [1.82, 2.24) is 0 Å². The molecule has 1 fully saturated rings. The second-order valence-corrected chi connectivity index (χ2v) is 5.24. The quantitative estimate of drug-likeness (QED) is 0.693. The van der Waals surface area contributed by atoms with Gasteiger partial charge in [-0.25, -0.2) is 0 Å². The van der Waals surface area contributed by atoms with Crippen LogP contribution >= 0.6 is 0 Å². The molecule has 0 spiro atoms. The van der Waals surface area contributed by atoms with E-state index < -0.39 is 5.91 Å². The maximum absolute atomic E-state index is 11.2. The number of amides is 2. The van der Waals surface area contributed by atoms with Crippen molar-refractivity contribution in [2.45, 2.75) is 19.3 Å². The normalized spacial score (nSPS) is 16.1. The lowest BCUT2D eigenvalue weighted by molar-refractivity contribution is -0.119. The lowest BCUT2D eigenvalue weighted by Crippen LogP contribution is -2.35. The Morgan fingerprint density at radius 2 is 1.85 bits per heavy atom. The van der Waals surface area contributed by atoms with Gasteiger partial charge in [0, 0.05) is 25.1 Å². The van der Waals surface area contributed by atoms with Crippen molar-refractivity contribution in [2.75, 3.05) is 23.7 Å². The second-order valence-electron chi connectivity index (χ2n) is 5.24. The van der Waals surface area contributed by atoms with E-state index >= 15 is 0 Å². The molecule has 0 atom stereocenters. The summed E-state index contributed by atoms with van der Waals surface area (Å²) in [6.45, 7) is 1.59. The van der Waals surface area contributed by atoms with E-state index in [2.05, 4.69) is 4.90 Å². The fraction of sp³-hybridized carbons (Fsp3) is 0.429. The third-order valence-corrected chi connectivity index (χ3v) is 3.76. The summed E-state index contributed by atoms with van der Waals surface area (Å²) < 4.78 is 0. The zero-order valence-electron chi connectivity index (χ0n) is 11.3. The molecule has 0 aliphatic carbocycles. The van der Waals surface area contributed by atoms with Gasteiger partial charge in [-0.05, 0) is 37.0 Å². The Bertz CT molecular complexity index is 522. The molecule has 6 nitrogen and oxygen atoms in total. The number of carbonyl (C=O) groups is 2. The Kier molecular flexibility index (Phi) is 4.12. The first kappa shape index (κ1) is 14.2. The van der Waals surface area contributed by atoms with Crippen molar-refractivity contribution in [3.05, 3.63) is 23.8 Å². The third-order valence-electron chi connectivity index (χ3n) is 3.76. The van der Waals surface area contributed by atoms with E-state index in [0.29, 0.717) is 23.6 Å². The van der Waals surface area contributed by atoms with E-state index in [4.69, 9.17) is 17.2 Å². The number of nitrogens with two attached hydrogens (primary N) is 3. The molecular weight excluding hydrogens is 256 g/mol. The Balaban J connectivity index is 2.08. The van der Waals surface area contributed by atoms with E-state index in [1.807, 2.05) is 0 Å².